The Morgan fingerprint density at radius 1 is 1.22 bits per heavy atom. The number of carboxylic acid groups (broad SMARTS) is 1. The van der Waals surface area contributed by atoms with E-state index in [2.05, 4.69) is 16.2 Å². The van der Waals surface area contributed by atoms with Crippen molar-refractivity contribution in [1.29, 1.82) is 10.5 Å². The van der Waals surface area contributed by atoms with Crippen LogP contribution in [0.15, 0.2) is 48.9 Å². The number of carbonyl (C=O) groups is 1. The van der Waals surface area contributed by atoms with Crippen molar-refractivity contribution in [3.63, 3.8) is 0 Å². The summed E-state index contributed by atoms with van der Waals surface area (Å²) in [4.78, 5) is 15.3. The Bertz CT molecular complexity index is 1080. The molecule has 132 valence electrons. The molecule has 0 saturated heterocycles. The van der Waals surface area contributed by atoms with Crippen molar-refractivity contribution in [2.45, 2.75) is 6.54 Å². The molecule has 0 aliphatic carbocycles. The van der Waals surface area contributed by atoms with Crippen molar-refractivity contribution in [2.75, 3.05) is 6.61 Å². The topological polar surface area (TPSA) is 125 Å². The third-order valence-electron chi connectivity index (χ3n) is 3.74. The molecule has 0 bridgehead atoms. The normalized spacial score (nSPS) is 10.0. The third kappa shape index (κ3) is 4.09. The molecule has 2 heterocycles. The number of aromatic carboxylic acids is 1. The average Bonchev–Trinajstić information content (AvgIpc) is 3.16. The van der Waals surface area contributed by atoms with E-state index in [0.717, 1.165) is 0 Å². The summed E-state index contributed by atoms with van der Waals surface area (Å²) in [5.41, 5.74) is 1.97. The number of aromatic nitrogens is 3. The first kappa shape index (κ1) is 17.6. The summed E-state index contributed by atoms with van der Waals surface area (Å²) >= 11 is 0. The maximum atomic E-state index is 11.1. The molecule has 0 spiro atoms. The number of benzene rings is 1. The number of hydrogen-bond acceptors (Lipinski definition) is 6. The summed E-state index contributed by atoms with van der Waals surface area (Å²) in [6.45, 7) is 0.698. The Hall–Kier alpha value is -4.17. The highest BCUT2D eigenvalue weighted by atomic mass is 16.5. The Morgan fingerprint density at radius 3 is 2.78 bits per heavy atom. The molecule has 8 nitrogen and oxygen atoms in total. The molecule has 1 aromatic carbocycles. The van der Waals surface area contributed by atoms with E-state index < -0.39 is 5.97 Å². The number of hydrogen-bond donors (Lipinski definition) is 1. The summed E-state index contributed by atoms with van der Waals surface area (Å²) in [6.07, 6.45) is 4.49. The van der Waals surface area contributed by atoms with Gasteiger partial charge < -0.3 is 9.84 Å². The SMILES string of the molecule is N#Cc1cnn(CCOc2ccc(-c3cc(C(=O)O)ccn3)cc2C#N)c1. The van der Waals surface area contributed by atoms with Crippen molar-refractivity contribution < 1.29 is 14.6 Å². The summed E-state index contributed by atoms with van der Waals surface area (Å²) in [5.74, 6) is -0.638. The molecule has 0 radical (unpaired) electrons. The van der Waals surface area contributed by atoms with Gasteiger partial charge in [-0.2, -0.15) is 15.6 Å². The van der Waals surface area contributed by atoms with E-state index >= 15 is 0 Å². The molecule has 0 amide bonds. The molecular weight excluding hydrogens is 346 g/mol. The van der Waals surface area contributed by atoms with Crippen molar-refractivity contribution in [2.24, 2.45) is 0 Å². The number of carboxylic acids is 1. The van der Waals surface area contributed by atoms with Gasteiger partial charge in [0.25, 0.3) is 0 Å². The number of pyridine rings is 1. The van der Waals surface area contributed by atoms with Crippen LogP contribution in [0.1, 0.15) is 21.5 Å². The van der Waals surface area contributed by atoms with Gasteiger partial charge >= 0.3 is 5.97 Å². The minimum absolute atomic E-state index is 0.120. The zero-order chi connectivity index (χ0) is 19.2. The summed E-state index contributed by atoms with van der Waals surface area (Å²) in [5, 5.41) is 31.3. The van der Waals surface area contributed by atoms with E-state index in [4.69, 9.17) is 15.1 Å². The number of rotatable bonds is 6. The average molecular weight is 359 g/mol. The first-order valence-corrected chi connectivity index (χ1v) is 7.90. The third-order valence-corrected chi connectivity index (χ3v) is 3.74. The monoisotopic (exact) mass is 359 g/mol. The first-order valence-electron chi connectivity index (χ1n) is 7.90. The molecule has 8 heteroatoms. The smallest absolute Gasteiger partial charge is 0.335 e. The lowest BCUT2D eigenvalue weighted by Gasteiger charge is -2.10. The van der Waals surface area contributed by atoms with Crippen LogP contribution in [0.25, 0.3) is 11.3 Å². The molecule has 3 rings (SSSR count). The molecule has 2 aromatic heterocycles. The van der Waals surface area contributed by atoms with Gasteiger partial charge in [-0.25, -0.2) is 4.79 Å². The fourth-order valence-electron chi connectivity index (χ4n) is 2.42. The Labute approximate surface area is 154 Å². The van der Waals surface area contributed by atoms with Crippen LogP contribution in [0.3, 0.4) is 0 Å². The quantitative estimate of drug-likeness (QED) is 0.716. The van der Waals surface area contributed by atoms with Gasteiger partial charge in [0.2, 0.25) is 0 Å². The second-order valence-corrected chi connectivity index (χ2v) is 5.51. The van der Waals surface area contributed by atoms with Crippen molar-refractivity contribution >= 4 is 5.97 Å². The van der Waals surface area contributed by atoms with Gasteiger partial charge in [0.15, 0.2) is 0 Å². The lowest BCUT2D eigenvalue weighted by molar-refractivity contribution is 0.0697. The van der Waals surface area contributed by atoms with E-state index in [-0.39, 0.29) is 12.2 Å². The molecule has 0 aliphatic rings. The number of ether oxygens (including phenoxy) is 1. The Balaban J connectivity index is 1.74. The fourth-order valence-corrected chi connectivity index (χ4v) is 2.42. The van der Waals surface area contributed by atoms with E-state index in [1.54, 1.807) is 29.1 Å². The largest absolute Gasteiger partial charge is 0.490 e. The highest BCUT2D eigenvalue weighted by Gasteiger charge is 2.10. The van der Waals surface area contributed by atoms with Crippen LogP contribution in [0.4, 0.5) is 0 Å². The lowest BCUT2D eigenvalue weighted by atomic mass is 10.1. The molecule has 1 N–H and O–H groups in total. The van der Waals surface area contributed by atoms with Gasteiger partial charge in [-0.15, -0.1) is 0 Å². The van der Waals surface area contributed by atoms with E-state index in [0.29, 0.717) is 34.7 Å². The molecule has 0 saturated carbocycles. The van der Waals surface area contributed by atoms with Gasteiger partial charge in [0.05, 0.1) is 35.1 Å². The maximum absolute atomic E-state index is 11.1. The minimum atomic E-state index is -1.04. The van der Waals surface area contributed by atoms with Crippen LogP contribution in [-0.2, 0) is 6.54 Å². The molecule has 0 atom stereocenters. The number of nitrogens with zero attached hydrogens (tertiary/aromatic N) is 5. The standard InChI is InChI=1S/C19H13N5O3/c20-9-13-11-23-24(12-13)5-6-27-18-2-1-14(7-16(18)10-21)17-8-15(19(25)26)3-4-22-17/h1-4,7-8,11-12H,5-6H2,(H,25,26). The zero-order valence-corrected chi connectivity index (χ0v) is 14.0. The Kier molecular flexibility index (Phi) is 5.10. The predicted octanol–water partition coefficient (Wildman–Crippen LogP) is 2.47. The van der Waals surface area contributed by atoms with Crippen LogP contribution in [0.5, 0.6) is 5.75 Å². The van der Waals surface area contributed by atoms with Crippen molar-refractivity contribution in [3.8, 4) is 29.1 Å². The van der Waals surface area contributed by atoms with Crippen molar-refractivity contribution in [3.05, 3.63) is 65.6 Å². The molecule has 0 unspecified atom stereocenters. The predicted molar refractivity (Wildman–Crippen MR) is 93.8 cm³/mol. The van der Waals surface area contributed by atoms with E-state index in [1.807, 2.05) is 6.07 Å². The van der Waals surface area contributed by atoms with Crippen LogP contribution in [-0.4, -0.2) is 32.4 Å². The molecule has 0 aliphatic heterocycles. The first-order chi connectivity index (χ1) is 13.1. The number of nitriles is 2. The van der Waals surface area contributed by atoms with Crippen LogP contribution in [0.2, 0.25) is 0 Å². The molecular formula is C19H13N5O3. The van der Waals surface area contributed by atoms with Crippen LogP contribution >= 0.6 is 0 Å². The van der Waals surface area contributed by atoms with Gasteiger partial charge in [0.1, 0.15) is 24.5 Å². The van der Waals surface area contributed by atoms with Crippen LogP contribution in [0, 0.1) is 22.7 Å². The van der Waals surface area contributed by atoms with E-state index in [1.165, 1.54) is 24.5 Å². The molecule has 3 aromatic rings. The lowest BCUT2D eigenvalue weighted by Crippen LogP contribution is -2.09. The second kappa shape index (κ2) is 7.81. The Morgan fingerprint density at radius 2 is 2.07 bits per heavy atom. The summed E-state index contributed by atoms with van der Waals surface area (Å²) in [6, 6.07) is 11.9. The van der Waals surface area contributed by atoms with Gasteiger partial charge in [-0.1, -0.05) is 0 Å². The minimum Gasteiger partial charge on any atom is -0.490 e. The highest BCUT2D eigenvalue weighted by Crippen LogP contribution is 2.25. The van der Waals surface area contributed by atoms with Crippen molar-refractivity contribution in [1.82, 2.24) is 14.8 Å². The van der Waals surface area contributed by atoms with Gasteiger partial charge in [-0.3, -0.25) is 9.67 Å². The summed E-state index contributed by atoms with van der Waals surface area (Å²) < 4.78 is 7.23. The van der Waals surface area contributed by atoms with E-state index in [9.17, 15) is 10.1 Å². The van der Waals surface area contributed by atoms with Gasteiger partial charge in [0, 0.05) is 18.0 Å². The van der Waals surface area contributed by atoms with Crippen LogP contribution < -0.4 is 4.74 Å². The maximum Gasteiger partial charge on any atom is 0.335 e. The molecule has 27 heavy (non-hydrogen) atoms. The highest BCUT2D eigenvalue weighted by molar-refractivity contribution is 5.88. The molecule has 0 fully saturated rings. The van der Waals surface area contributed by atoms with Gasteiger partial charge in [-0.05, 0) is 30.3 Å². The second-order valence-electron chi connectivity index (χ2n) is 5.51. The zero-order valence-electron chi connectivity index (χ0n) is 14.0. The summed E-state index contributed by atoms with van der Waals surface area (Å²) in [7, 11) is 0. The fraction of sp³-hybridized carbons (Fsp3) is 0.105.